The Morgan fingerprint density at radius 1 is 1.53 bits per heavy atom. The molecule has 1 amide bonds. The number of hydrogen-bond acceptors (Lipinski definition) is 2. The van der Waals surface area contributed by atoms with Crippen molar-refractivity contribution in [3.05, 3.63) is 48.6 Å². The second kappa shape index (κ2) is 5.98. The van der Waals surface area contributed by atoms with Crippen LogP contribution < -0.4 is 5.32 Å². The van der Waals surface area contributed by atoms with Crippen molar-refractivity contribution in [1.29, 1.82) is 0 Å². The Labute approximate surface area is 89.8 Å². The molecule has 1 aromatic rings. The molecular formula is C12H15NO2. The van der Waals surface area contributed by atoms with Crippen molar-refractivity contribution >= 4 is 5.91 Å². The van der Waals surface area contributed by atoms with Crippen LogP contribution in [-0.4, -0.2) is 19.2 Å². The van der Waals surface area contributed by atoms with E-state index in [0.717, 1.165) is 0 Å². The molecule has 0 radical (unpaired) electrons. The van der Waals surface area contributed by atoms with Crippen LogP contribution in [0, 0.1) is 0 Å². The quantitative estimate of drug-likeness (QED) is 0.589. The lowest BCUT2D eigenvalue weighted by Crippen LogP contribution is -2.35. The molecule has 1 unspecified atom stereocenters. The highest BCUT2D eigenvalue weighted by Crippen LogP contribution is 2.00. The van der Waals surface area contributed by atoms with E-state index in [-0.39, 0.29) is 12.1 Å². The zero-order chi connectivity index (χ0) is 11.1. The van der Waals surface area contributed by atoms with Crippen LogP contribution >= 0.6 is 0 Å². The third-order valence-electron chi connectivity index (χ3n) is 1.99. The lowest BCUT2D eigenvalue weighted by molar-refractivity contribution is 0.0594. The second-order valence-corrected chi connectivity index (χ2v) is 3.09. The lowest BCUT2D eigenvalue weighted by atomic mass is 10.2. The summed E-state index contributed by atoms with van der Waals surface area (Å²) in [4.78, 5) is 11.7. The Morgan fingerprint density at radius 2 is 2.20 bits per heavy atom. The Morgan fingerprint density at radius 3 is 2.73 bits per heavy atom. The van der Waals surface area contributed by atoms with Crippen LogP contribution in [-0.2, 0) is 4.74 Å². The molecule has 1 N–H and O–H groups in total. The minimum Gasteiger partial charge on any atom is -0.361 e. The molecule has 0 saturated carbocycles. The fraction of sp³-hybridized carbons (Fsp3) is 0.250. The molecule has 0 saturated heterocycles. The van der Waals surface area contributed by atoms with Gasteiger partial charge >= 0.3 is 0 Å². The summed E-state index contributed by atoms with van der Waals surface area (Å²) in [6.45, 7) is 3.60. The zero-order valence-electron chi connectivity index (χ0n) is 8.77. The van der Waals surface area contributed by atoms with Gasteiger partial charge in [0.2, 0.25) is 0 Å². The summed E-state index contributed by atoms with van der Waals surface area (Å²) in [5.41, 5.74) is 0.628. The van der Waals surface area contributed by atoms with Gasteiger partial charge in [-0.2, -0.15) is 0 Å². The predicted molar refractivity (Wildman–Crippen MR) is 59.5 cm³/mol. The third-order valence-corrected chi connectivity index (χ3v) is 1.99. The van der Waals surface area contributed by atoms with Crippen molar-refractivity contribution in [3.63, 3.8) is 0 Å². The highest BCUT2D eigenvalue weighted by Gasteiger charge is 2.10. The van der Waals surface area contributed by atoms with Crippen LogP contribution in [0.15, 0.2) is 43.0 Å². The smallest absolute Gasteiger partial charge is 0.253 e. The second-order valence-electron chi connectivity index (χ2n) is 3.09. The lowest BCUT2D eigenvalue weighted by Gasteiger charge is -2.15. The van der Waals surface area contributed by atoms with Gasteiger partial charge in [-0.05, 0) is 12.1 Å². The van der Waals surface area contributed by atoms with E-state index in [1.54, 1.807) is 25.3 Å². The molecule has 1 atom stereocenters. The van der Waals surface area contributed by atoms with E-state index in [1.165, 1.54) is 0 Å². The van der Waals surface area contributed by atoms with Crippen molar-refractivity contribution < 1.29 is 9.53 Å². The SMILES string of the molecule is C=CCC(NC(=O)c1ccccc1)OC. The normalized spacial score (nSPS) is 11.8. The summed E-state index contributed by atoms with van der Waals surface area (Å²) in [5, 5.41) is 2.75. The van der Waals surface area contributed by atoms with Crippen LogP contribution in [0.4, 0.5) is 0 Å². The molecule has 15 heavy (non-hydrogen) atoms. The van der Waals surface area contributed by atoms with Gasteiger partial charge in [0.15, 0.2) is 0 Å². The summed E-state index contributed by atoms with van der Waals surface area (Å²) in [6.07, 6.45) is 1.99. The van der Waals surface area contributed by atoms with Crippen LogP contribution in [0.1, 0.15) is 16.8 Å². The molecule has 1 rings (SSSR count). The van der Waals surface area contributed by atoms with E-state index in [2.05, 4.69) is 11.9 Å². The van der Waals surface area contributed by atoms with Crippen molar-refractivity contribution in [2.75, 3.05) is 7.11 Å². The molecule has 0 aromatic heterocycles. The van der Waals surface area contributed by atoms with Gasteiger partial charge in [-0.3, -0.25) is 4.79 Å². The monoisotopic (exact) mass is 205 g/mol. The van der Waals surface area contributed by atoms with Crippen molar-refractivity contribution in [2.45, 2.75) is 12.6 Å². The van der Waals surface area contributed by atoms with Crippen LogP contribution in [0.5, 0.6) is 0 Å². The summed E-state index contributed by atoms with van der Waals surface area (Å²) in [7, 11) is 1.56. The van der Waals surface area contributed by atoms with E-state index in [4.69, 9.17) is 4.74 Å². The molecule has 0 spiro atoms. The summed E-state index contributed by atoms with van der Waals surface area (Å²) >= 11 is 0. The molecular weight excluding hydrogens is 190 g/mol. The van der Waals surface area contributed by atoms with E-state index < -0.39 is 0 Å². The molecule has 0 aliphatic heterocycles. The van der Waals surface area contributed by atoms with E-state index in [0.29, 0.717) is 12.0 Å². The fourth-order valence-electron chi connectivity index (χ4n) is 1.18. The van der Waals surface area contributed by atoms with Crippen LogP contribution in [0.25, 0.3) is 0 Å². The minimum atomic E-state index is -0.310. The van der Waals surface area contributed by atoms with E-state index in [1.807, 2.05) is 18.2 Å². The van der Waals surface area contributed by atoms with Crippen molar-refractivity contribution in [1.82, 2.24) is 5.32 Å². The van der Waals surface area contributed by atoms with Gasteiger partial charge in [-0.25, -0.2) is 0 Å². The molecule has 0 fully saturated rings. The number of hydrogen-bond donors (Lipinski definition) is 1. The van der Waals surface area contributed by atoms with E-state index in [9.17, 15) is 4.79 Å². The molecule has 0 aliphatic rings. The number of ether oxygens (including phenoxy) is 1. The fourth-order valence-corrected chi connectivity index (χ4v) is 1.18. The number of nitrogens with one attached hydrogen (secondary N) is 1. The minimum absolute atomic E-state index is 0.135. The number of benzene rings is 1. The number of carbonyl (C=O) groups is 1. The van der Waals surface area contributed by atoms with Gasteiger partial charge in [-0.1, -0.05) is 24.3 Å². The number of methoxy groups -OCH3 is 1. The maximum atomic E-state index is 11.7. The van der Waals surface area contributed by atoms with E-state index >= 15 is 0 Å². The van der Waals surface area contributed by atoms with Crippen molar-refractivity contribution in [3.8, 4) is 0 Å². The highest BCUT2D eigenvalue weighted by molar-refractivity contribution is 5.94. The summed E-state index contributed by atoms with van der Waals surface area (Å²) in [5.74, 6) is -0.135. The molecule has 0 bridgehead atoms. The van der Waals surface area contributed by atoms with Gasteiger partial charge in [0.25, 0.3) is 5.91 Å². The average Bonchev–Trinajstić information content (AvgIpc) is 2.29. The standard InChI is InChI=1S/C12H15NO2/c1-3-7-11(15-2)13-12(14)10-8-5-4-6-9-10/h3-6,8-9,11H,1,7H2,2H3,(H,13,14). The Balaban J connectivity index is 2.58. The molecule has 1 aromatic carbocycles. The molecule has 3 nitrogen and oxygen atoms in total. The van der Waals surface area contributed by atoms with Crippen LogP contribution in [0.2, 0.25) is 0 Å². The summed E-state index contributed by atoms with van der Waals surface area (Å²) in [6, 6.07) is 9.04. The number of rotatable bonds is 5. The maximum absolute atomic E-state index is 11.7. The first-order valence-corrected chi connectivity index (χ1v) is 4.77. The number of carbonyl (C=O) groups excluding carboxylic acids is 1. The molecule has 0 heterocycles. The maximum Gasteiger partial charge on any atom is 0.253 e. The van der Waals surface area contributed by atoms with Gasteiger partial charge < -0.3 is 10.1 Å². The Hall–Kier alpha value is -1.61. The zero-order valence-corrected chi connectivity index (χ0v) is 8.77. The Kier molecular flexibility index (Phi) is 4.57. The molecule has 80 valence electrons. The molecule has 3 heteroatoms. The highest BCUT2D eigenvalue weighted by atomic mass is 16.5. The van der Waals surface area contributed by atoms with Gasteiger partial charge in [0.05, 0.1) is 0 Å². The third kappa shape index (κ3) is 3.56. The topological polar surface area (TPSA) is 38.3 Å². The van der Waals surface area contributed by atoms with Gasteiger partial charge in [-0.15, -0.1) is 6.58 Å². The number of amides is 1. The largest absolute Gasteiger partial charge is 0.361 e. The Bertz CT molecular complexity index is 322. The first kappa shape index (κ1) is 11.5. The van der Waals surface area contributed by atoms with Gasteiger partial charge in [0.1, 0.15) is 6.23 Å². The first-order chi connectivity index (χ1) is 7.27. The first-order valence-electron chi connectivity index (χ1n) is 4.77. The van der Waals surface area contributed by atoms with Crippen LogP contribution in [0.3, 0.4) is 0 Å². The summed E-state index contributed by atoms with van der Waals surface area (Å²) < 4.78 is 5.08. The van der Waals surface area contributed by atoms with Gasteiger partial charge in [0, 0.05) is 19.1 Å². The molecule has 0 aliphatic carbocycles. The average molecular weight is 205 g/mol. The van der Waals surface area contributed by atoms with Crippen molar-refractivity contribution in [2.24, 2.45) is 0 Å². The predicted octanol–water partition coefficient (Wildman–Crippen LogP) is 1.96.